The number of benzene rings is 4. The Morgan fingerprint density at radius 1 is 0.740 bits per heavy atom. The van der Waals surface area contributed by atoms with Gasteiger partial charge in [0, 0.05) is 15.7 Å². The topological polar surface area (TPSA) is 82.4 Å². The SMILES string of the molecule is COc1ccc(C(OC[C@H](COCc2ccc(I)cc2)OP(OCCC#N)N(C(C)C)C(C)C)(c2ccccc2)c2ccc(OC)cc2)cc1. The fourth-order valence-corrected chi connectivity index (χ4v) is 7.75. The van der Waals surface area contributed by atoms with E-state index in [-0.39, 0.29) is 38.3 Å². The Bertz CT molecular complexity index is 1540. The van der Waals surface area contributed by atoms with Crippen LogP contribution in [0.3, 0.4) is 0 Å². The molecule has 0 aliphatic heterocycles. The van der Waals surface area contributed by atoms with E-state index in [9.17, 15) is 5.26 Å². The number of nitrogens with zero attached hydrogens (tertiary/aromatic N) is 2. The van der Waals surface area contributed by atoms with Crippen molar-refractivity contribution in [3.05, 3.63) is 129 Å². The van der Waals surface area contributed by atoms with E-state index in [2.05, 4.69) is 97.4 Å². The highest BCUT2D eigenvalue weighted by molar-refractivity contribution is 14.1. The van der Waals surface area contributed by atoms with Crippen LogP contribution in [0.15, 0.2) is 103 Å². The summed E-state index contributed by atoms with van der Waals surface area (Å²) < 4.78 is 41.2. The van der Waals surface area contributed by atoms with Crippen LogP contribution >= 0.6 is 31.1 Å². The van der Waals surface area contributed by atoms with E-state index in [0.29, 0.717) is 6.61 Å². The fraction of sp³-hybridized carbons (Fsp3) is 0.375. The minimum absolute atomic E-state index is 0.138. The third-order valence-corrected chi connectivity index (χ3v) is 10.9. The maximum atomic E-state index is 9.29. The van der Waals surface area contributed by atoms with Crippen LogP contribution in [-0.4, -0.2) is 56.9 Å². The maximum absolute atomic E-state index is 9.29. The van der Waals surface area contributed by atoms with Crippen molar-refractivity contribution in [1.82, 2.24) is 4.67 Å². The van der Waals surface area contributed by atoms with Gasteiger partial charge in [-0.1, -0.05) is 66.7 Å². The number of halogens is 1. The molecule has 10 heteroatoms. The summed E-state index contributed by atoms with van der Waals surface area (Å²) in [5.74, 6) is 1.50. The molecule has 0 amide bonds. The van der Waals surface area contributed by atoms with Crippen molar-refractivity contribution in [3.8, 4) is 17.6 Å². The Kier molecular flexibility index (Phi) is 16.0. The highest BCUT2D eigenvalue weighted by Crippen LogP contribution is 2.48. The zero-order valence-electron chi connectivity index (χ0n) is 29.8. The fourth-order valence-electron chi connectivity index (χ4n) is 5.71. The van der Waals surface area contributed by atoms with Crippen LogP contribution in [0.4, 0.5) is 0 Å². The molecule has 4 aromatic carbocycles. The number of ether oxygens (including phenoxy) is 4. The number of nitriles is 1. The molecule has 4 aromatic rings. The number of rotatable bonds is 20. The van der Waals surface area contributed by atoms with Crippen molar-refractivity contribution in [3.63, 3.8) is 0 Å². The van der Waals surface area contributed by atoms with E-state index in [0.717, 1.165) is 37.3 Å². The molecule has 1 unspecified atom stereocenters. The van der Waals surface area contributed by atoms with Gasteiger partial charge in [0.1, 0.15) is 23.2 Å². The highest BCUT2D eigenvalue weighted by atomic mass is 127. The molecule has 0 heterocycles. The van der Waals surface area contributed by atoms with Crippen LogP contribution in [0.25, 0.3) is 0 Å². The van der Waals surface area contributed by atoms with Crippen LogP contribution in [0.1, 0.15) is 56.4 Å². The van der Waals surface area contributed by atoms with Gasteiger partial charge in [-0.15, -0.1) is 0 Å². The van der Waals surface area contributed by atoms with Crippen LogP contribution in [0, 0.1) is 14.9 Å². The van der Waals surface area contributed by atoms with E-state index in [4.69, 9.17) is 28.0 Å². The van der Waals surface area contributed by atoms with Gasteiger partial charge in [0.15, 0.2) is 0 Å². The van der Waals surface area contributed by atoms with Crippen LogP contribution in [0.2, 0.25) is 0 Å². The summed E-state index contributed by atoms with van der Waals surface area (Å²) in [5, 5.41) is 9.29. The lowest BCUT2D eigenvalue weighted by Gasteiger charge is -2.39. The standard InChI is InChI=1S/C40H48IN2O6P/c1-30(2)43(31(3)4)50(48-26-10-25-42)49-39(28-46-27-32-13-19-36(41)20-14-32)29-47-40(33-11-8-7-9-12-33,34-15-21-37(44-5)22-16-34)35-17-23-38(45-6)24-18-35/h7-9,11-24,30-31,39H,10,26-29H2,1-6H3/t39-,50?/m0/s1. The molecule has 0 aromatic heterocycles. The molecule has 4 rings (SSSR count). The summed E-state index contributed by atoms with van der Waals surface area (Å²) in [4.78, 5) is 0. The van der Waals surface area contributed by atoms with Gasteiger partial charge in [0.2, 0.25) is 0 Å². The summed E-state index contributed by atoms with van der Waals surface area (Å²) in [7, 11) is 1.75. The van der Waals surface area contributed by atoms with E-state index in [1.165, 1.54) is 0 Å². The first kappa shape index (κ1) is 39.7. The monoisotopic (exact) mass is 810 g/mol. The van der Waals surface area contributed by atoms with Crippen molar-refractivity contribution in [2.45, 2.75) is 64.5 Å². The van der Waals surface area contributed by atoms with E-state index >= 15 is 0 Å². The van der Waals surface area contributed by atoms with Gasteiger partial charge in [-0.25, -0.2) is 4.67 Å². The minimum Gasteiger partial charge on any atom is -0.497 e. The first-order valence-electron chi connectivity index (χ1n) is 16.8. The Morgan fingerprint density at radius 3 is 1.78 bits per heavy atom. The van der Waals surface area contributed by atoms with Gasteiger partial charge >= 0.3 is 0 Å². The van der Waals surface area contributed by atoms with E-state index < -0.39 is 20.2 Å². The summed E-state index contributed by atoms with van der Waals surface area (Å²) in [6.07, 6.45) is -0.255. The van der Waals surface area contributed by atoms with Crippen LogP contribution in [0.5, 0.6) is 11.5 Å². The minimum atomic E-state index is -1.56. The maximum Gasteiger partial charge on any atom is 0.259 e. The van der Waals surface area contributed by atoms with Gasteiger partial charge in [0.05, 0.1) is 53.1 Å². The second-order valence-corrected chi connectivity index (χ2v) is 14.9. The normalized spacial score (nSPS) is 13.0. The summed E-state index contributed by atoms with van der Waals surface area (Å²) in [6.45, 7) is 9.61. The first-order chi connectivity index (χ1) is 24.2. The summed E-state index contributed by atoms with van der Waals surface area (Å²) >= 11 is 2.30. The van der Waals surface area contributed by atoms with E-state index in [1.54, 1.807) is 14.2 Å². The Balaban J connectivity index is 1.77. The summed E-state index contributed by atoms with van der Waals surface area (Å²) in [5.41, 5.74) is 2.84. The third kappa shape index (κ3) is 10.7. The number of hydrogen-bond acceptors (Lipinski definition) is 8. The molecule has 266 valence electrons. The quantitative estimate of drug-likeness (QED) is 0.0378. The molecule has 0 aliphatic rings. The largest absolute Gasteiger partial charge is 0.497 e. The van der Waals surface area contributed by atoms with Crippen molar-refractivity contribution < 1.29 is 28.0 Å². The highest BCUT2D eigenvalue weighted by Gasteiger charge is 2.39. The first-order valence-corrected chi connectivity index (χ1v) is 19.0. The zero-order chi connectivity index (χ0) is 35.9. The van der Waals surface area contributed by atoms with Crippen molar-refractivity contribution >= 4 is 31.1 Å². The molecule has 0 saturated carbocycles. The Labute approximate surface area is 312 Å². The molecule has 8 nitrogen and oxygen atoms in total. The summed E-state index contributed by atoms with van der Waals surface area (Å²) in [6, 6.07) is 36.9. The molecule has 2 atom stereocenters. The predicted molar refractivity (Wildman–Crippen MR) is 207 cm³/mol. The molecule has 0 spiro atoms. The lowest BCUT2D eigenvalue weighted by Crippen LogP contribution is -2.39. The van der Waals surface area contributed by atoms with Gasteiger partial charge in [0.25, 0.3) is 8.53 Å². The zero-order valence-corrected chi connectivity index (χ0v) is 32.8. The second kappa shape index (κ2) is 20.1. The average molecular weight is 811 g/mol. The van der Waals surface area contributed by atoms with Crippen molar-refractivity contribution in [2.75, 3.05) is 34.0 Å². The molecule has 50 heavy (non-hydrogen) atoms. The smallest absolute Gasteiger partial charge is 0.259 e. The average Bonchev–Trinajstić information content (AvgIpc) is 3.13. The molecular formula is C40H48IN2O6P. The molecule has 0 fully saturated rings. The second-order valence-electron chi connectivity index (χ2n) is 12.2. The van der Waals surface area contributed by atoms with Crippen LogP contribution in [-0.2, 0) is 30.7 Å². The molecular weight excluding hydrogens is 762 g/mol. The molecule has 0 bridgehead atoms. The predicted octanol–water partition coefficient (Wildman–Crippen LogP) is 9.49. The molecule has 0 aliphatic carbocycles. The van der Waals surface area contributed by atoms with E-state index in [1.807, 2.05) is 66.7 Å². The van der Waals surface area contributed by atoms with Crippen molar-refractivity contribution in [1.29, 1.82) is 5.26 Å². The molecule has 0 radical (unpaired) electrons. The molecule has 0 N–H and O–H groups in total. The van der Waals surface area contributed by atoms with Crippen molar-refractivity contribution in [2.24, 2.45) is 0 Å². The van der Waals surface area contributed by atoms with Gasteiger partial charge in [-0.2, -0.15) is 5.26 Å². The number of hydrogen-bond donors (Lipinski definition) is 0. The van der Waals surface area contributed by atoms with Crippen LogP contribution < -0.4 is 9.47 Å². The van der Waals surface area contributed by atoms with Gasteiger partial charge < -0.3 is 28.0 Å². The third-order valence-electron chi connectivity index (χ3n) is 8.05. The lowest BCUT2D eigenvalue weighted by molar-refractivity contribution is -0.0611. The lowest BCUT2D eigenvalue weighted by atomic mass is 9.80. The molecule has 0 saturated heterocycles. The Morgan fingerprint density at radius 2 is 1.28 bits per heavy atom. The number of methoxy groups -OCH3 is 2. The van der Waals surface area contributed by atoms with Gasteiger partial charge in [-0.3, -0.25) is 0 Å². The Hall–Kier alpha value is -3.07. The van der Waals surface area contributed by atoms with Gasteiger partial charge in [-0.05, 0) is 109 Å².